The van der Waals surface area contributed by atoms with Gasteiger partial charge in [0.1, 0.15) is 29.8 Å². The van der Waals surface area contributed by atoms with E-state index in [1.165, 1.54) is 23.4 Å². The lowest BCUT2D eigenvalue weighted by molar-refractivity contribution is -0.151. The number of carbonyl (C=O) groups excluding carboxylic acids is 3. The molecule has 2 aliphatic rings. The molecular formula is C16H17BrN4O6S. The van der Waals surface area contributed by atoms with E-state index >= 15 is 0 Å². The molecule has 0 unspecified atom stereocenters. The summed E-state index contributed by atoms with van der Waals surface area (Å²) in [4.78, 5) is 48.8. The standard InChI is InChI=1S/C16H17BrN4O6S/c1-7(20-4-10(17)3-18-20)13(23)19-11-14(24)21-12(16(25)26)9(5-27-8(2)22)6-28-15(11)21/h3-4,7,11,15H,5-6H2,1-2H3,(H,19,23)(H,25,26)/t7-,11+,15+/m0/s1. The number of rotatable bonds is 6. The zero-order valence-electron chi connectivity index (χ0n) is 14.9. The summed E-state index contributed by atoms with van der Waals surface area (Å²) in [7, 11) is 0. The summed E-state index contributed by atoms with van der Waals surface area (Å²) in [5, 5.41) is 15.7. The van der Waals surface area contributed by atoms with Crippen molar-refractivity contribution in [2.24, 2.45) is 0 Å². The Bertz CT molecular complexity index is 884. The number of carboxylic acid groups (broad SMARTS) is 1. The molecule has 3 rings (SSSR count). The van der Waals surface area contributed by atoms with Gasteiger partial charge in [0.25, 0.3) is 5.91 Å². The van der Waals surface area contributed by atoms with Gasteiger partial charge in [0.05, 0.1) is 10.7 Å². The molecule has 150 valence electrons. The molecule has 0 aromatic carbocycles. The summed E-state index contributed by atoms with van der Waals surface area (Å²) in [6.45, 7) is 2.67. The highest BCUT2D eigenvalue weighted by molar-refractivity contribution is 9.10. The van der Waals surface area contributed by atoms with Crippen LogP contribution in [0.4, 0.5) is 0 Å². The van der Waals surface area contributed by atoms with Crippen LogP contribution in [0.3, 0.4) is 0 Å². The Morgan fingerprint density at radius 3 is 2.79 bits per heavy atom. The number of carbonyl (C=O) groups is 4. The van der Waals surface area contributed by atoms with E-state index in [1.807, 2.05) is 0 Å². The van der Waals surface area contributed by atoms with E-state index in [0.29, 0.717) is 5.57 Å². The number of esters is 1. The molecule has 3 atom stereocenters. The quantitative estimate of drug-likeness (QED) is 0.452. The van der Waals surface area contributed by atoms with Crippen molar-refractivity contribution in [1.82, 2.24) is 20.0 Å². The highest BCUT2D eigenvalue weighted by Gasteiger charge is 2.54. The fraction of sp³-hybridized carbons (Fsp3) is 0.438. The summed E-state index contributed by atoms with van der Waals surface area (Å²) in [5.41, 5.74) is 0.154. The van der Waals surface area contributed by atoms with Crippen LogP contribution in [-0.2, 0) is 23.9 Å². The molecule has 1 aromatic rings. The molecule has 0 spiro atoms. The lowest BCUT2D eigenvalue weighted by atomic mass is 10.0. The second-order valence-corrected chi connectivity index (χ2v) is 8.27. The first-order chi connectivity index (χ1) is 13.2. The molecule has 2 N–H and O–H groups in total. The molecule has 10 nitrogen and oxygen atoms in total. The number of aromatic nitrogens is 2. The molecule has 28 heavy (non-hydrogen) atoms. The summed E-state index contributed by atoms with van der Waals surface area (Å²) < 4.78 is 7.06. The van der Waals surface area contributed by atoms with Crippen LogP contribution in [0.15, 0.2) is 28.1 Å². The van der Waals surface area contributed by atoms with Crippen LogP contribution in [0.1, 0.15) is 19.9 Å². The van der Waals surface area contributed by atoms with E-state index in [2.05, 4.69) is 26.3 Å². The molecule has 0 bridgehead atoms. The van der Waals surface area contributed by atoms with Crippen LogP contribution < -0.4 is 5.32 Å². The number of aliphatic carboxylic acids is 1. The van der Waals surface area contributed by atoms with Crippen LogP contribution in [0.2, 0.25) is 0 Å². The van der Waals surface area contributed by atoms with Gasteiger partial charge < -0.3 is 15.2 Å². The first kappa shape index (κ1) is 20.4. The summed E-state index contributed by atoms with van der Waals surface area (Å²) in [6, 6.07) is -1.47. The maximum absolute atomic E-state index is 12.6. The average molecular weight is 473 g/mol. The van der Waals surface area contributed by atoms with E-state index in [4.69, 9.17) is 4.74 Å². The van der Waals surface area contributed by atoms with E-state index in [9.17, 15) is 24.3 Å². The molecule has 12 heteroatoms. The summed E-state index contributed by atoms with van der Waals surface area (Å²) in [6.07, 6.45) is 3.19. The number of fused-ring (bicyclic) bond motifs is 1. The van der Waals surface area contributed by atoms with Crippen LogP contribution >= 0.6 is 27.7 Å². The number of halogens is 1. The number of thioether (sulfide) groups is 1. The molecule has 0 radical (unpaired) electrons. The molecule has 1 fully saturated rings. The van der Waals surface area contributed by atoms with Gasteiger partial charge in [-0.2, -0.15) is 5.10 Å². The lowest BCUT2D eigenvalue weighted by Gasteiger charge is -2.49. The molecule has 0 saturated carbocycles. The molecule has 2 amide bonds. The van der Waals surface area contributed by atoms with Crippen LogP contribution in [0, 0.1) is 0 Å². The Labute approximate surface area is 172 Å². The highest BCUT2D eigenvalue weighted by atomic mass is 79.9. The third kappa shape index (κ3) is 3.78. The van der Waals surface area contributed by atoms with Crippen molar-refractivity contribution in [2.75, 3.05) is 12.4 Å². The maximum atomic E-state index is 12.6. The fourth-order valence-corrected chi connectivity index (χ4v) is 4.53. The SMILES string of the molecule is CC(=O)OCC1=C(C(=O)O)N2C(=O)[C@@H](NC(=O)[C@H](C)n3cc(Br)cn3)[C@H]2SC1. The number of hydrogen-bond acceptors (Lipinski definition) is 7. The molecule has 1 saturated heterocycles. The average Bonchev–Trinajstić information content (AvgIpc) is 3.08. The first-order valence-electron chi connectivity index (χ1n) is 8.24. The van der Waals surface area contributed by atoms with E-state index in [0.717, 1.165) is 9.37 Å². The number of nitrogens with one attached hydrogen (secondary N) is 1. The van der Waals surface area contributed by atoms with Gasteiger partial charge in [0, 0.05) is 24.4 Å². The third-order valence-electron chi connectivity index (χ3n) is 4.34. The number of ether oxygens (including phenoxy) is 1. The second-order valence-electron chi connectivity index (χ2n) is 6.25. The van der Waals surface area contributed by atoms with Gasteiger partial charge in [0.2, 0.25) is 5.91 Å². The van der Waals surface area contributed by atoms with Gasteiger partial charge in [0.15, 0.2) is 0 Å². The van der Waals surface area contributed by atoms with Crippen molar-refractivity contribution in [3.05, 3.63) is 28.1 Å². The third-order valence-corrected chi connectivity index (χ3v) is 6.09. The Morgan fingerprint density at radius 2 is 2.21 bits per heavy atom. The van der Waals surface area contributed by atoms with E-state index < -0.39 is 41.2 Å². The predicted octanol–water partition coefficient (Wildman–Crippen LogP) is 0.508. The zero-order chi connectivity index (χ0) is 20.6. The molecule has 3 heterocycles. The van der Waals surface area contributed by atoms with Gasteiger partial charge in [-0.05, 0) is 22.9 Å². The fourth-order valence-electron chi connectivity index (χ4n) is 2.90. The smallest absolute Gasteiger partial charge is 0.352 e. The minimum Gasteiger partial charge on any atom is -0.477 e. The van der Waals surface area contributed by atoms with Crippen LogP contribution in [0.5, 0.6) is 0 Å². The van der Waals surface area contributed by atoms with E-state index in [1.54, 1.807) is 19.3 Å². The molecule has 2 aliphatic heterocycles. The minimum absolute atomic E-state index is 0.190. The Balaban J connectivity index is 1.72. The second kappa shape index (κ2) is 7.95. The number of hydrogen-bond donors (Lipinski definition) is 2. The van der Waals surface area contributed by atoms with Gasteiger partial charge in [-0.1, -0.05) is 0 Å². The van der Waals surface area contributed by atoms with Gasteiger partial charge in [-0.25, -0.2) is 4.79 Å². The summed E-state index contributed by atoms with van der Waals surface area (Å²) >= 11 is 4.56. The Morgan fingerprint density at radius 1 is 1.50 bits per heavy atom. The minimum atomic E-state index is -1.28. The maximum Gasteiger partial charge on any atom is 0.352 e. The van der Waals surface area contributed by atoms with Crippen molar-refractivity contribution in [3.8, 4) is 0 Å². The van der Waals surface area contributed by atoms with Gasteiger partial charge >= 0.3 is 11.9 Å². The van der Waals surface area contributed by atoms with Crippen molar-refractivity contribution in [2.45, 2.75) is 31.3 Å². The van der Waals surface area contributed by atoms with Crippen LogP contribution in [-0.4, -0.2) is 67.3 Å². The van der Waals surface area contributed by atoms with E-state index in [-0.39, 0.29) is 18.1 Å². The lowest BCUT2D eigenvalue weighted by Crippen LogP contribution is -2.71. The normalized spacial score (nSPS) is 22.2. The number of amides is 2. The Kier molecular flexibility index (Phi) is 5.79. The number of nitrogens with zero attached hydrogens (tertiary/aromatic N) is 3. The monoisotopic (exact) mass is 472 g/mol. The molecular weight excluding hydrogens is 456 g/mol. The summed E-state index contributed by atoms with van der Waals surface area (Å²) in [5.74, 6) is -2.46. The molecule has 1 aromatic heterocycles. The zero-order valence-corrected chi connectivity index (χ0v) is 17.3. The number of carboxylic acids is 1. The molecule has 0 aliphatic carbocycles. The topological polar surface area (TPSA) is 131 Å². The van der Waals surface area contributed by atoms with Crippen molar-refractivity contribution >= 4 is 51.4 Å². The first-order valence-corrected chi connectivity index (χ1v) is 10.1. The van der Waals surface area contributed by atoms with Crippen molar-refractivity contribution in [1.29, 1.82) is 0 Å². The van der Waals surface area contributed by atoms with Crippen molar-refractivity contribution < 1.29 is 29.0 Å². The Hall–Kier alpha value is -2.34. The predicted molar refractivity (Wildman–Crippen MR) is 101 cm³/mol. The van der Waals surface area contributed by atoms with Crippen LogP contribution in [0.25, 0.3) is 0 Å². The van der Waals surface area contributed by atoms with Gasteiger partial charge in [-0.15, -0.1) is 11.8 Å². The number of β-lactam (4-membered cyclic amide) rings is 1. The largest absolute Gasteiger partial charge is 0.477 e. The van der Waals surface area contributed by atoms with Crippen molar-refractivity contribution in [3.63, 3.8) is 0 Å². The highest BCUT2D eigenvalue weighted by Crippen LogP contribution is 2.40. The van der Waals surface area contributed by atoms with Gasteiger partial charge in [-0.3, -0.25) is 24.0 Å².